The monoisotopic (exact) mass is 373 g/mol. The highest BCUT2D eigenvalue weighted by atomic mass is 35.5. The molecule has 0 fully saturated rings. The molecule has 4 aromatic rings. The summed E-state index contributed by atoms with van der Waals surface area (Å²) in [7, 11) is 0. The number of halogens is 4. The maximum atomic E-state index is 14.3. The van der Waals surface area contributed by atoms with Crippen LogP contribution < -0.4 is 0 Å². The topological polar surface area (TPSA) is 30.7 Å². The molecular formula is C19H11ClF3N3. The van der Waals surface area contributed by atoms with Crippen LogP contribution in [-0.2, 0) is 0 Å². The third-order valence-corrected chi connectivity index (χ3v) is 4.34. The van der Waals surface area contributed by atoms with Crippen molar-refractivity contribution >= 4 is 22.5 Å². The van der Waals surface area contributed by atoms with Crippen molar-refractivity contribution in [3.8, 4) is 16.9 Å². The number of aromatic nitrogens is 3. The maximum Gasteiger partial charge on any atom is 0.155 e. The Morgan fingerprint density at radius 1 is 1.00 bits per heavy atom. The smallest absolute Gasteiger partial charge is 0.155 e. The largest absolute Gasteiger partial charge is 0.293 e. The lowest BCUT2D eigenvalue weighted by atomic mass is 10.1. The number of benzene rings is 2. The van der Waals surface area contributed by atoms with Crippen LogP contribution in [0.25, 0.3) is 27.8 Å². The van der Waals surface area contributed by atoms with E-state index in [-0.39, 0.29) is 10.8 Å². The molecule has 7 heteroatoms. The molecule has 0 radical (unpaired) electrons. The van der Waals surface area contributed by atoms with Crippen LogP contribution in [0.1, 0.15) is 5.82 Å². The average molecular weight is 374 g/mol. The lowest BCUT2D eigenvalue weighted by molar-refractivity contribution is 0.547. The molecule has 0 spiro atoms. The minimum Gasteiger partial charge on any atom is -0.293 e. The molecule has 0 bridgehead atoms. The number of para-hydroxylation sites is 1. The fourth-order valence-electron chi connectivity index (χ4n) is 2.98. The van der Waals surface area contributed by atoms with Crippen molar-refractivity contribution in [1.29, 1.82) is 0 Å². The summed E-state index contributed by atoms with van der Waals surface area (Å²) in [4.78, 5) is 8.48. The highest BCUT2D eigenvalue weighted by molar-refractivity contribution is 6.32. The molecule has 130 valence electrons. The number of rotatable bonds is 2. The second kappa shape index (κ2) is 6.14. The second-order valence-corrected chi connectivity index (χ2v) is 6.12. The average Bonchev–Trinajstić information content (AvgIpc) is 2.88. The molecule has 4 rings (SSSR count). The number of nitrogens with zero attached hydrogens (tertiary/aromatic N) is 3. The number of fused-ring (bicyclic) bond motifs is 1. The number of hydrogen-bond donors (Lipinski definition) is 0. The van der Waals surface area contributed by atoms with Gasteiger partial charge in [0.25, 0.3) is 0 Å². The molecule has 0 aliphatic rings. The van der Waals surface area contributed by atoms with E-state index < -0.39 is 23.0 Å². The van der Waals surface area contributed by atoms with Crippen molar-refractivity contribution < 1.29 is 13.2 Å². The SMILES string of the molecule is Cc1nc(Cl)c(-c2c(F)cc(F)cc2F)n1-c1cnc2ccccc2c1. The zero-order valence-corrected chi connectivity index (χ0v) is 14.2. The van der Waals surface area contributed by atoms with Crippen LogP contribution in [0.2, 0.25) is 5.15 Å². The van der Waals surface area contributed by atoms with Crippen LogP contribution in [0.5, 0.6) is 0 Å². The number of hydrogen-bond acceptors (Lipinski definition) is 2. The fraction of sp³-hybridized carbons (Fsp3) is 0.0526. The Kier molecular flexibility index (Phi) is 3.92. The molecule has 0 atom stereocenters. The summed E-state index contributed by atoms with van der Waals surface area (Å²) in [5.41, 5.74) is 0.890. The molecule has 26 heavy (non-hydrogen) atoms. The summed E-state index contributed by atoms with van der Waals surface area (Å²) >= 11 is 6.16. The highest BCUT2D eigenvalue weighted by Crippen LogP contribution is 2.35. The molecule has 0 aliphatic carbocycles. The molecule has 2 aromatic carbocycles. The van der Waals surface area contributed by atoms with E-state index in [1.54, 1.807) is 13.1 Å². The molecule has 3 nitrogen and oxygen atoms in total. The maximum absolute atomic E-state index is 14.3. The van der Waals surface area contributed by atoms with Crippen molar-refractivity contribution in [3.63, 3.8) is 0 Å². The quantitative estimate of drug-likeness (QED) is 0.466. The molecular weight excluding hydrogens is 363 g/mol. The Morgan fingerprint density at radius 2 is 1.69 bits per heavy atom. The van der Waals surface area contributed by atoms with E-state index >= 15 is 0 Å². The Bertz CT molecular complexity index is 1130. The van der Waals surface area contributed by atoms with E-state index in [1.165, 1.54) is 4.57 Å². The molecule has 2 aromatic heterocycles. The zero-order chi connectivity index (χ0) is 18.4. The molecule has 0 unspecified atom stereocenters. The first-order valence-electron chi connectivity index (χ1n) is 7.70. The number of pyridine rings is 1. The van der Waals surface area contributed by atoms with Gasteiger partial charge in [0.2, 0.25) is 0 Å². The molecule has 0 saturated heterocycles. The van der Waals surface area contributed by atoms with Crippen LogP contribution in [0.3, 0.4) is 0 Å². The van der Waals surface area contributed by atoms with Gasteiger partial charge < -0.3 is 0 Å². The number of imidazole rings is 1. The van der Waals surface area contributed by atoms with Gasteiger partial charge in [-0.3, -0.25) is 9.55 Å². The molecule has 2 heterocycles. The predicted octanol–water partition coefficient (Wildman–Crippen LogP) is 5.47. The van der Waals surface area contributed by atoms with Gasteiger partial charge in [-0.15, -0.1) is 0 Å². The van der Waals surface area contributed by atoms with E-state index in [0.29, 0.717) is 23.6 Å². The van der Waals surface area contributed by atoms with E-state index in [1.807, 2.05) is 30.3 Å². The summed E-state index contributed by atoms with van der Waals surface area (Å²) < 4.78 is 43.5. The van der Waals surface area contributed by atoms with E-state index in [0.717, 1.165) is 10.9 Å². The van der Waals surface area contributed by atoms with Gasteiger partial charge in [0.1, 0.15) is 23.3 Å². The van der Waals surface area contributed by atoms with Crippen LogP contribution in [0.15, 0.2) is 48.7 Å². The summed E-state index contributed by atoms with van der Waals surface area (Å²) in [6.45, 7) is 1.66. The number of aryl methyl sites for hydroxylation is 1. The van der Waals surface area contributed by atoms with Crippen LogP contribution in [0.4, 0.5) is 13.2 Å². The van der Waals surface area contributed by atoms with Crippen LogP contribution in [-0.4, -0.2) is 14.5 Å². The Hall–Kier alpha value is -2.86. The highest BCUT2D eigenvalue weighted by Gasteiger charge is 2.24. The van der Waals surface area contributed by atoms with Gasteiger partial charge in [0.15, 0.2) is 5.15 Å². The fourth-order valence-corrected chi connectivity index (χ4v) is 3.28. The van der Waals surface area contributed by atoms with Crippen molar-refractivity contribution in [1.82, 2.24) is 14.5 Å². The van der Waals surface area contributed by atoms with Gasteiger partial charge in [-0.2, -0.15) is 0 Å². The Balaban J connectivity index is 2.01. The summed E-state index contributed by atoms with van der Waals surface area (Å²) in [5, 5.41) is 0.764. The second-order valence-electron chi connectivity index (χ2n) is 5.76. The van der Waals surface area contributed by atoms with Gasteiger partial charge >= 0.3 is 0 Å². The summed E-state index contributed by atoms with van der Waals surface area (Å²) in [6, 6.07) is 10.5. The van der Waals surface area contributed by atoms with Gasteiger partial charge in [0, 0.05) is 17.5 Å². The summed E-state index contributed by atoms with van der Waals surface area (Å²) in [6.07, 6.45) is 1.57. The first-order valence-corrected chi connectivity index (χ1v) is 8.08. The molecule has 0 N–H and O–H groups in total. The van der Waals surface area contributed by atoms with Gasteiger partial charge in [-0.25, -0.2) is 18.2 Å². The summed E-state index contributed by atoms with van der Waals surface area (Å²) in [5.74, 6) is -2.70. The van der Waals surface area contributed by atoms with Gasteiger partial charge in [0.05, 0.1) is 28.7 Å². The lowest BCUT2D eigenvalue weighted by Gasteiger charge is -2.13. The first kappa shape index (κ1) is 16.6. The van der Waals surface area contributed by atoms with E-state index in [2.05, 4.69) is 9.97 Å². The third kappa shape index (κ3) is 2.63. The van der Waals surface area contributed by atoms with E-state index in [9.17, 15) is 13.2 Å². The third-order valence-electron chi connectivity index (χ3n) is 4.08. The van der Waals surface area contributed by atoms with Crippen molar-refractivity contribution in [2.24, 2.45) is 0 Å². The lowest BCUT2D eigenvalue weighted by Crippen LogP contribution is -2.03. The molecule has 0 aliphatic heterocycles. The van der Waals surface area contributed by atoms with Gasteiger partial charge in [-0.05, 0) is 19.1 Å². The van der Waals surface area contributed by atoms with Crippen molar-refractivity contribution in [2.75, 3.05) is 0 Å². The van der Waals surface area contributed by atoms with Crippen molar-refractivity contribution in [3.05, 3.63) is 77.1 Å². The first-order chi connectivity index (χ1) is 12.5. The normalized spacial score (nSPS) is 11.3. The minimum absolute atomic E-state index is 0.0104. The van der Waals surface area contributed by atoms with Crippen LogP contribution >= 0.6 is 11.6 Å². The Labute approximate surface area is 151 Å². The Morgan fingerprint density at radius 3 is 2.42 bits per heavy atom. The molecule has 0 saturated carbocycles. The predicted molar refractivity (Wildman–Crippen MR) is 93.9 cm³/mol. The zero-order valence-electron chi connectivity index (χ0n) is 13.5. The van der Waals surface area contributed by atoms with Crippen molar-refractivity contribution in [2.45, 2.75) is 6.92 Å². The molecule has 0 amide bonds. The van der Waals surface area contributed by atoms with Crippen LogP contribution in [0, 0.1) is 24.4 Å². The van der Waals surface area contributed by atoms with Gasteiger partial charge in [-0.1, -0.05) is 29.8 Å². The standard InChI is InChI=1S/C19H11ClF3N3/c1-10-25-19(20)18(17-14(22)7-12(21)8-15(17)23)26(10)13-6-11-4-2-3-5-16(11)24-9-13/h2-9H,1H3. The minimum atomic E-state index is -1.06. The van der Waals surface area contributed by atoms with E-state index in [4.69, 9.17) is 11.6 Å².